The minimum absolute atomic E-state index is 0.0503. The predicted octanol–water partition coefficient (Wildman–Crippen LogP) is 3.33. The van der Waals surface area contributed by atoms with E-state index in [4.69, 9.17) is 4.74 Å². The second kappa shape index (κ2) is 10.6. The Kier molecular flexibility index (Phi) is 8.15. The van der Waals surface area contributed by atoms with Crippen molar-refractivity contribution in [2.75, 3.05) is 19.7 Å². The van der Waals surface area contributed by atoms with Gasteiger partial charge in [0.25, 0.3) is 11.8 Å². The molecule has 0 aliphatic heterocycles. The molecule has 0 bridgehead atoms. The van der Waals surface area contributed by atoms with E-state index in [1.54, 1.807) is 12.1 Å². The molecule has 138 valence electrons. The van der Waals surface area contributed by atoms with Crippen LogP contribution in [0.3, 0.4) is 0 Å². The van der Waals surface area contributed by atoms with Gasteiger partial charge in [0.2, 0.25) is 0 Å². The summed E-state index contributed by atoms with van der Waals surface area (Å²) in [6.45, 7) is 2.77. The molecule has 0 radical (unpaired) electrons. The Bertz CT molecular complexity index is 732. The summed E-state index contributed by atoms with van der Waals surface area (Å²) in [6.07, 6.45) is 2.13. The van der Waals surface area contributed by atoms with E-state index in [0.717, 1.165) is 17.3 Å². The van der Waals surface area contributed by atoms with Crippen molar-refractivity contribution in [2.24, 2.45) is 0 Å². The lowest BCUT2D eigenvalue weighted by Crippen LogP contribution is -2.36. The number of ether oxygens (including phenoxy) is 1. The first-order valence-electron chi connectivity index (χ1n) is 8.61. The van der Waals surface area contributed by atoms with Crippen molar-refractivity contribution in [3.63, 3.8) is 0 Å². The van der Waals surface area contributed by atoms with Crippen LogP contribution in [-0.2, 0) is 11.2 Å². The van der Waals surface area contributed by atoms with Crippen molar-refractivity contribution in [2.45, 2.75) is 19.8 Å². The fourth-order valence-corrected chi connectivity index (χ4v) is 2.82. The normalized spacial score (nSPS) is 10.2. The number of aryl methyl sites for hydroxylation is 1. The monoisotopic (exact) mass is 418 g/mol. The van der Waals surface area contributed by atoms with E-state index < -0.39 is 0 Å². The van der Waals surface area contributed by atoms with Gasteiger partial charge in [0.1, 0.15) is 5.75 Å². The summed E-state index contributed by atoms with van der Waals surface area (Å²) in [7, 11) is 0. The number of carbonyl (C=O) groups is 2. The number of halogens is 1. The van der Waals surface area contributed by atoms with E-state index in [2.05, 4.69) is 33.5 Å². The van der Waals surface area contributed by atoms with Crippen LogP contribution in [0.25, 0.3) is 0 Å². The average molecular weight is 419 g/mol. The smallest absolute Gasteiger partial charge is 0.258 e. The highest BCUT2D eigenvalue weighted by atomic mass is 79.9. The van der Waals surface area contributed by atoms with Gasteiger partial charge in [-0.1, -0.05) is 37.6 Å². The van der Waals surface area contributed by atoms with Gasteiger partial charge in [-0.3, -0.25) is 9.59 Å². The Morgan fingerprint density at radius 3 is 2.38 bits per heavy atom. The number of rotatable bonds is 9. The molecule has 0 atom stereocenters. The van der Waals surface area contributed by atoms with Gasteiger partial charge in [0.15, 0.2) is 6.61 Å². The lowest BCUT2D eigenvalue weighted by atomic mass is 10.1. The minimum atomic E-state index is -0.224. The molecule has 0 aromatic heterocycles. The molecule has 0 aliphatic rings. The van der Waals surface area contributed by atoms with Crippen LogP contribution in [-0.4, -0.2) is 31.5 Å². The van der Waals surface area contributed by atoms with E-state index in [-0.39, 0.29) is 18.4 Å². The number of benzene rings is 2. The Balaban J connectivity index is 1.64. The molecule has 0 fully saturated rings. The van der Waals surface area contributed by atoms with Gasteiger partial charge in [-0.05, 0) is 52.2 Å². The van der Waals surface area contributed by atoms with Crippen LogP contribution in [0.5, 0.6) is 5.75 Å². The summed E-state index contributed by atoms with van der Waals surface area (Å²) in [5, 5.41) is 5.48. The number of nitrogens with one attached hydrogen (secondary N) is 2. The van der Waals surface area contributed by atoms with Gasteiger partial charge in [-0.15, -0.1) is 0 Å². The molecule has 2 aromatic rings. The summed E-state index contributed by atoms with van der Waals surface area (Å²) in [5.74, 6) is 0.259. The van der Waals surface area contributed by atoms with E-state index >= 15 is 0 Å². The lowest BCUT2D eigenvalue weighted by Gasteiger charge is -2.09. The zero-order chi connectivity index (χ0) is 18.8. The molecule has 0 spiro atoms. The van der Waals surface area contributed by atoms with Crippen molar-refractivity contribution in [1.82, 2.24) is 10.6 Å². The Morgan fingerprint density at radius 2 is 1.69 bits per heavy atom. The highest BCUT2D eigenvalue weighted by Gasteiger charge is 2.08. The molecule has 5 nitrogen and oxygen atoms in total. The number of hydrogen-bond acceptors (Lipinski definition) is 3. The second-order valence-electron chi connectivity index (χ2n) is 5.77. The maximum Gasteiger partial charge on any atom is 0.258 e. The zero-order valence-electron chi connectivity index (χ0n) is 14.8. The molecule has 6 heteroatoms. The van der Waals surface area contributed by atoms with Gasteiger partial charge < -0.3 is 15.4 Å². The molecule has 0 unspecified atom stereocenters. The fraction of sp³-hybridized carbons (Fsp3) is 0.300. The summed E-state index contributed by atoms with van der Waals surface area (Å²) in [4.78, 5) is 23.8. The number of carbonyl (C=O) groups excluding carboxylic acids is 2. The minimum Gasteiger partial charge on any atom is -0.484 e. The van der Waals surface area contributed by atoms with E-state index in [1.807, 2.05) is 36.4 Å². The topological polar surface area (TPSA) is 67.4 Å². The molecule has 0 heterocycles. The molecule has 0 aliphatic carbocycles. The van der Waals surface area contributed by atoms with Gasteiger partial charge in [0, 0.05) is 17.6 Å². The fourth-order valence-electron chi connectivity index (χ4n) is 2.36. The third kappa shape index (κ3) is 6.52. The first-order valence-corrected chi connectivity index (χ1v) is 9.40. The van der Waals surface area contributed by atoms with Crippen LogP contribution in [0.15, 0.2) is 53.0 Å². The molecule has 2 amide bonds. The van der Waals surface area contributed by atoms with Crippen LogP contribution in [0.2, 0.25) is 0 Å². The molecule has 26 heavy (non-hydrogen) atoms. The van der Waals surface area contributed by atoms with Gasteiger partial charge in [-0.25, -0.2) is 0 Å². The van der Waals surface area contributed by atoms with Crippen LogP contribution >= 0.6 is 15.9 Å². The van der Waals surface area contributed by atoms with Crippen molar-refractivity contribution in [1.29, 1.82) is 0 Å². The summed E-state index contributed by atoms with van der Waals surface area (Å²) < 4.78 is 6.19. The van der Waals surface area contributed by atoms with E-state index in [1.165, 1.54) is 5.56 Å². The lowest BCUT2D eigenvalue weighted by molar-refractivity contribution is -0.123. The SMILES string of the molecule is CCCc1ccc(OCC(=O)NCCNC(=O)c2ccccc2Br)cc1. The molecule has 0 saturated carbocycles. The maximum absolute atomic E-state index is 12.0. The average Bonchev–Trinajstić information content (AvgIpc) is 2.65. The largest absolute Gasteiger partial charge is 0.484 e. The zero-order valence-corrected chi connectivity index (χ0v) is 16.3. The van der Waals surface area contributed by atoms with Crippen molar-refractivity contribution >= 4 is 27.7 Å². The highest BCUT2D eigenvalue weighted by molar-refractivity contribution is 9.10. The second-order valence-corrected chi connectivity index (χ2v) is 6.62. The summed E-state index contributed by atoms with van der Waals surface area (Å²) >= 11 is 3.34. The third-order valence-corrected chi connectivity index (χ3v) is 4.37. The van der Waals surface area contributed by atoms with Crippen molar-refractivity contribution in [3.8, 4) is 5.75 Å². The Hall–Kier alpha value is -2.34. The van der Waals surface area contributed by atoms with Crippen LogP contribution in [0, 0.1) is 0 Å². The summed E-state index contributed by atoms with van der Waals surface area (Å²) in [6, 6.07) is 14.9. The van der Waals surface area contributed by atoms with Crippen LogP contribution in [0.1, 0.15) is 29.3 Å². The standard InChI is InChI=1S/C20H23BrN2O3/c1-2-5-15-8-10-16(11-9-15)26-14-19(24)22-12-13-23-20(25)17-6-3-4-7-18(17)21/h3-4,6-11H,2,5,12-14H2,1H3,(H,22,24)(H,23,25). The van der Waals surface area contributed by atoms with Crippen molar-refractivity contribution < 1.29 is 14.3 Å². The maximum atomic E-state index is 12.0. The molecule has 0 saturated heterocycles. The van der Waals surface area contributed by atoms with Gasteiger partial charge in [-0.2, -0.15) is 0 Å². The molecular formula is C20H23BrN2O3. The number of amides is 2. The summed E-state index contributed by atoms with van der Waals surface area (Å²) in [5.41, 5.74) is 1.82. The van der Waals surface area contributed by atoms with E-state index in [0.29, 0.717) is 24.4 Å². The predicted molar refractivity (Wildman–Crippen MR) is 105 cm³/mol. The van der Waals surface area contributed by atoms with Crippen LogP contribution < -0.4 is 15.4 Å². The number of hydrogen-bond donors (Lipinski definition) is 2. The first-order chi connectivity index (χ1) is 12.6. The molecule has 2 rings (SSSR count). The molecule has 2 aromatic carbocycles. The Labute approximate surface area is 162 Å². The van der Waals surface area contributed by atoms with Gasteiger partial charge >= 0.3 is 0 Å². The Morgan fingerprint density at radius 1 is 1.00 bits per heavy atom. The first kappa shape index (κ1) is 20.0. The van der Waals surface area contributed by atoms with E-state index in [9.17, 15) is 9.59 Å². The van der Waals surface area contributed by atoms with Gasteiger partial charge in [0.05, 0.1) is 5.56 Å². The van der Waals surface area contributed by atoms with Crippen molar-refractivity contribution in [3.05, 3.63) is 64.1 Å². The van der Waals surface area contributed by atoms with Crippen LogP contribution in [0.4, 0.5) is 0 Å². The highest BCUT2D eigenvalue weighted by Crippen LogP contribution is 2.15. The quantitative estimate of drug-likeness (QED) is 0.613. The third-order valence-electron chi connectivity index (χ3n) is 3.68. The molecular weight excluding hydrogens is 396 g/mol. The molecule has 2 N–H and O–H groups in total.